The number of nitrogens with one attached hydrogen (secondary N) is 1. The molecule has 1 atom stereocenters. The molecular weight excluding hydrogens is 242 g/mol. The topological polar surface area (TPSA) is 57.5 Å². The van der Waals surface area contributed by atoms with E-state index < -0.39 is 0 Å². The summed E-state index contributed by atoms with van der Waals surface area (Å²) in [6.07, 6.45) is 1.07. The van der Waals surface area contributed by atoms with Crippen molar-refractivity contribution in [3.63, 3.8) is 0 Å². The van der Waals surface area contributed by atoms with Crippen LogP contribution in [-0.2, 0) is 0 Å². The van der Waals surface area contributed by atoms with Crippen molar-refractivity contribution >= 4 is 0 Å². The van der Waals surface area contributed by atoms with Crippen LogP contribution < -0.4 is 14.8 Å². The van der Waals surface area contributed by atoms with Crippen LogP contribution in [-0.4, -0.2) is 37.9 Å². The Balaban J connectivity index is 1.83. The Bertz CT molecular complexity index is 490. The number of nitriles is 1. The molecule has 0 spiro atoms. The molecule has 1 N–H and O–H groups in total. The normalized spacial score (nSPS) is 20.6. The van der Waals surface area contributed by atoms with Gasteiger partial charge in [-0.25, -0.2) is 0 Å². The van der Waals surface area contributed by atoms with Gasteiger partial charge in [0.2, 0.25) is 6.79 Å². The second-order valence-electron chi connectivity index (χ2n) is 4.78. The average molecular weight is 259 g/mol. The van der Waals surface area contributed by atoms with E-state index in [2.05, 4.69) is 16.3 Å². The van der Waals surface area contributed by atoms with Crippen LogP contribution in [0.3, 0.4) is 0 Å². The fourth-order valence-corrected chi connectivity index (χ4v) is 2.58. The van der Waals surface area contributed by atoms with Crippen LogP contribution in [0, 0.1) is 11.3 Å². The maximum atomic E-state index is 9.49. The van der Waals surface area contributed by atoms with Crippen LogP contribution in [0.1, 0.15) is 18.0 Å². The van der Waals surface area contributed by atoms with E-state index in [1.54, 1.807) is 0 Å². The Labute approximate surface area is 112 Å². The van der Waals surface area contributed by atoms with Crippen molar-refractivity contribution in [2.45, 2.75) is 12.5 Å². The van der Waals surface area contributed by atoms with Gasteiger partial charge in [-0.3, -0.25) is 4.90 Å². The first-order valence-corrected chi connectivity index (χ1v) is 6.62. The summed E-state index contributed by atoms with van der Waals surface area (Å²) in [5.74, 6) is 1.50. The number of fused-ring (bicyclic) bond motifs is 1. The number of hydrogen-bond donors (Lipinski definition) is 1. The van der Waals surface area contributed by atoms with Gasteiger partial charge in [0.05, 0.1) is 6.07 Å². The number of hydrogen-bond acceptors (Lipinski definition) is 5. The van der Waals surface area contributed by atoms with Gasteiger partial charge in [0.25, 0.3) is 0 Å². The summed E-state index contributed by atoms with van der Waals surface area (Å²) in [7, 11) is 0. The zero-order valence-electron chi connectivity index (χ0n) is 10.8. The van der Waals surface area contributed by atoms with Crippen molar-refractivity contribution in [1.82, 2.24) is 10.2 Å². The van der Waals surface area contributed by atoms with E-state index in [1.165, 1.54) is 0 Å². The molecule has 1 fully saturated rings. The highest BCUT2D eigenvalue weighted by Crippen LogP contribution is 2.35. The lowest BCUT2D eigenvalue weighted by molar-refractivity contribution is 0.174. The van der Waals surface area contributed by atoms with Gasteiger partial charge in [0.1, 0.15) is 6.04 Å². The summed E-state index contributed by atoms with van der Waals surface area (Å²) in [6.45, 7) is 4.06. The molecule has 1 aromatic rings. The van der Waals surface area contributed by atoms with E-state index in [9.17, 15) is 5.26 Å². The van der Waals surface area contributed by atoms with E-state index in [0.717, 1.165) is 49.7 Å². The standard InChI is InChI=1S/C14H17N3O2/c15-9-12(17-6-1-4-16-5-7-17)11-2-3-13-14(8-11)19-10-18-13/h2-3,8,12,16H,1,4-7,10H2. The molecule has 1 unspecified atom stereocenters. The molecule has 5 heteroatoms. The van der Waals surface area contributed by atoms with E-state index >= 15 is 0 Å². The Kier molecular flexibility index (Phi) is 3.53. The zero-order valence-corrected chi connectivity index (χ0v) is 10.8. The summed E-state index contributed by atoms with van der Waals surface area (Å²) in [5.41, 5.74) is 0.980. The fourth-order valence-electron chi connectivity index (χ4n) is 2.58. The lowest BCUT2D eigenvalue weighted by Crippen LogP contribution is -2.31. The van der Waals surface area contributed by atoms with Gasteiger partial charge in [-0.2, -0.15) is 5.26 Å². The van der Waals surface area contributed by atoms with E-state index in [0.29, 0.717) is 0 Å². The molecule has 1 saturated heterocycles. The number of ether oxygens (including phenoxy) is 2. The first-order chi connectivity index (χ1) is 9.38. The highest BCUT2D eigenvalue weighted by Gasteiger charge is 2.23. The second kappa shape index (κ2) is 5.47. The lowest BCUT2D eigenvalue weighted by atomic mass is 10.1. The monoisotopic (exact) mass is 259 g/mol. The van der Waals surface area contributed by atoms with Crippen molar-refractivity contribution < 1.29 is 9.47 Å². The summed E-state index contributed by atoms with van der Waals surface area (Å²) in [4.78, 5) is 2.22. The van der Waals surface area contributed by atoms with Gasteiger partial charge >= 0.3 is 0 Å². The summed E-state index contributed by atoms with van der Waals surface area (Å²) >= 11 is 0. The van der Waals surface area contributed by atoms with Gasteiger partial charge in [-0.05, 0) is 30.7 Å². The van der Waals surface area contributed by atoms with E-state index in [4.69, 9.17) is 9.47 Å². The first-order valence-electron chi connectivity index (χ1n) is 6.62. The third-order valence-corrected chi connectivity index (χ3v) is 3.57. The van der Waals surface area contributed by atoms with Crippen LogP contribution >= 0.6 is 0 Å². The number of rotatable bonds is 2. The highest BCUT2D eigenvalue weighted by atomic mass is 16.7. The maximum absolute atomic E-state index is 9.49. The number of nitrogens with zero attached hydrogens (tertiary/aromatic N) is 2. The Morgan fingerprint density at radius 1 is 1.21 bits per heavy atom. The zero-order chi connectivity index (χ0) is 13.1. The number of benzene rings is 1. The Morgan fingerprint density at radius 3 is 3.00 bits per heavy atom. The van der Waals surface area contributed by atoms with Gasteiger partial charge in [0.15, 0.2) is 11.5 Å². The fraction of sp³-hybridized carbons (Fsp3) is 0.500. The summed E-state index contributed by atoms with van der Waals surface area (Å²) < 4.78 is 10.7. The highest BCUT2D eigenvalue weighted by molar-refractivity contribution is 5.46. The molecule has 2 aliphatic heterocycles. The van der Waals surface area contributed by atoms with Crippen LogP contribution in [0.25, 0.3) is 0 Å². The second-order valence-corrected chi connectivity index (χ2v) is 4.78. The van der Waals surface area contributed by atoms with Crippen LogP contribution in [0.4, 0.5) is 0 Å². The molecule has 2 aliphatic rings. The minimum Gasteiger partial charge on any atom is -0.454 e. The predicted molar refractivity (Wildman–Crippen MR) is 70.0 cm³/mol. The minimum absolute atomic E-state index is 0.214. The third kappa shape index (κ3) is 2.50. The minimum atomic E-state index is -0.214. The Hall–Kier alpha value is -1.77. The molecule has 0 amide bonds. The predicted octanol–water partition coefficient (Wildman–Crippen LogP) is 1.28. The van der Waals surface area contributed by atoms with Crippen molar-refractivity contribution in [2.24, 2.45) is 0 Å². The Morgan fingerprint density at radius 2 is 2.11 bits per heavy atom. The molecule has 0 aliphatic carbocycles. The van der Waals surface area contributed by atoms with Crippen molar-refractivity contribution in [1.29, 1.82) is 5.26 Å². The van der Waals surface area contributed by atoms with Crippen molar-refractivity contribution in [2.75, 3.05) is 33.0 Å². The molecular formula is C14H17N3O2. The van der Waals surface area contributed by atoms with Crippen LogP contribution in [0.2, 0.25) is 0 Å². The lowest BCUT2D eigenvalue weighted by Gasteiger charge is -2.25. The molecule has 1 aromatic carbocycles. The summed E-state index contributed by atoms with van der Waals surface area (Å²) in [5, 5.41) is 12.8. The summed E-state index contributed by atoms with van der Waals surface area (Å²) in [6, 6.07) is 7.97. The van der Waals surface area contributed by atoms with E-state index in [-0.39, 0.29) is 12.8 Å². The van der Waals surface area contributed by atoms with Gasteiger partial charge < -0.3 is 14.8 Å². The first kappa shape index (κ1) is 12.3. The molecule has 19 heavy (non-hydrogen) atoms. The molecule has 0 radical (unpaired) electrons. The molecule has 0 saturated carbocycles. The van der Waals surface area contributed by atoms with Crippen LogP contribution in [0.5, 0.6) is 11.5 Å². The van der Waals surface area contributed by atoms with Crippen molar-refractivity contribution in [3.8, 4) is 17.6 Å². The SMILES string of the molecule is N#CC(c1ccc2c(c1)OCO2)N1CCCNCC1. The molecule has 2 heterocycles. The van der Waals surface area contributed by atoms with Gasteiger partial charge in [-0.15, -0.1) is 0 Å². The van der Waals surface area contributed by atoms with Crippen LogP contribution in [0.15, 0.2) is 18.2 Å². The average Bonchev–Trinajstić information content (AvgIpc) is 2.74. The molecule has 100 valence electrons. The maximum Gasteiger partial charge on any atom is 0.231 e. The molecule has 5 nitrogen and oxygen atoms in total. The molecule has 0 aromatic heterocycles. The quantitative estimate of drug-likeness (QED) is 0.867. The molecule has 0 bridgehead atoms. The van der Waals surface area contributed by atoms with Crippen molar-refractivity contribution in [3.05, 3.63) is 23.8 Å². The largest absolute Gasteiger partial charge is 0.454 e. The third-order valence-electron chi connectivity index (χ3n) is 3.57. The smallest absolute Gasteiger partial charge is 0.231 e. The van der Waals surface area contributed by atoms with E-state index in [1.807, 2.05) is 18.2 Å². The van der Waals surface area contributed by atoms with Gasteiger partial charge in [-0.1, -0.05) is 6.07 Å². The molecule has 3 rings (SSSR count). The van der Waals surface area contributed by atoms with Gasteiger partial charge in [0, 0.05) is 19.6 Å².